The normalized spacial score (nSPS) is 15.8. The van der Waals surface area contributed by atoms with E-state index < -0.39 is 5.34 Å². The number of anilines is 1. The van der Waals surface area contributed by atoms with Crippen LogP contribution in [0.25, 0.3) is 11.2 Å². The fraction of sp³-hybridized carbons (Fsp3) is 0.389. The summed E-state index contributed by atoms with van der Waals surface area (Å²) >= 11 is 12.1. The molecule has 1 aliphatic rings. The predicted molar refractivity (Wildman–Crippen MR) is 139 cm³/mol. The molecule has 8 nitrogen and oxygen atoms in total. The lowest BCUT2D eigenvalue weighted by molar-refractivity contribution is 0.0154. The highest BCUT2D eigenvalue weighted by Crippen LogP contribution is 2.28. The van der Waals surface area contributed by atoms with Crippen molar-refractivity contribution >= 4 is 71.7 Å². The summed E-state index contributed by atoms with van der Waals surface area (Å²) in [6, 6.07) is 5.38. The number of aromatic amines is 1. The number of fused-ring (bicyclic) bond motifs is 1. The molecule has 4 rings (SSSR count). The van der Waals surface area contributed by atoms with E-state index in [1.54, 1.807) is 18.5 Å². The van der Waals surface area contributed by atoms with Crippen LogP contribution in [0.3, 0.4) is 0 Å². The van der Waals surface area contributed by atoms with Crippen molar-refractivity contribution in [3.63, 3.8) is 0 Å². The number of nitrogens with one attached hydrogen (secondary N) is 2. The van der Waals surface area contributed by atoms with Crippen molar-refractivity contribution in [3.8, 4) is 0 Å². The van der Waals surface area contributed by atoms with Crippen LogP contribution in [0.4, 0.5) is 5.95 Å². The third kappa shape index (κ3) is 4.21. The molecule has 0 amide bonds. The van der Waals surface area contributed by atoms with E-state index in [0.717, 1.165) is 18.7 Å². The summed E-state index contributed by atoms with van der Waals surface area (Å²) in [4.78, 5) is 27.3. The maximum Gasteiger partial charge on any atom is 0.278 e. The van der Waals surface area contributed by atoms with Gasteiger partial charge in [0.05, 0.1) is 29.6 Å². The van der Waals surface area contributed by atoms with Gasteiger partial charge in [-0.2, -0.15) is 4.98 Å². The molecule has 2 aromatic heterocycles. The van der Waals surface area contributed by atoms with Crippen molar-refractivity contribution in [2.75, 3.05) is 31.6 Å². The molecule has 32 heavy (non-hydrogen) atoms. The first kappa shape index (κ1) is 23.3. The van der Waals surface area contributed by atoms with Gasteiger partial charge in [0.1, 0.15) is 31.4 Å². The Bertz CT molecular complexity index is 1200. The summed E-state index contributed by atoms with van der Waals surface area (Å²) in [7, 11) is 8.64. The number of benzene rings is 1. The van der Waals surface area contributed by atoms with Gasteiger partial charge in [-0.3, -0.25) is 9.78 Å². The van der Waals surface area contributed by atoms with E-state index in [1.165, 1.54) is 0 Å². The second kappa shape index (κ2) is 8.82. The first-order valence-electron chi connectivity index (χ1n) is 10.6. The van der Waals surface area contributed by atoms with Gasteiger partial charge in [0, 0.05) is 19.6 Å². The smallest absolute Gasteiger partial charge is 0.278 e. The van der Waals surface area contributed by atoms with Crippen LogP contribution in [-0.2, 0) is 16.6 Å². The summed E-state index contributed by atoms with van der Waals surface area (Å²) in [6.07, 6.45) is 1.71. The number of rotatable bonds is 6. The molecule has 1 aromatic carbocycles. The summed E-state index contributed by atoms with van der Waals surface area (Å²) < 4.78 is 7.46. The van der Waals surface area contributed by atoms with E-state index in [4.69, 9.17) is 27.9 Å². The van der Waals surface area contributed by atoms with Gasteiger partial charge in [0.2, 0.25) is 5.95 Å². The Morgan fingerprint density at radius 2 is 1.84 bits per heavy atom. The van der Waals surface area contributed by atoms with E-state index in [0.29, 0.717) is 46.9 Å². The van der Waals surface area contributed by atoms with Crippen LogP contribution in [0.5, 0.6) is 0 Å². The minimum absolute atomic E-state index is 0.241. The van der Waals surface area contributed by atoms with Crippen molar-refractivity contribution in [1.29, 1.82) is 0 Å². The second-order valence-electron chi connectivity index (χ2n) is 9.02. The van der Waals surface area contributed by atoms with E-state index >= 15 is 0 Å². The topological polar surface area (TPSA) is 88.1 Å². The van der Waals surface area contributed by atoms with E-state index in [2.05, 4.69) is 56.6 Å². The molecule has 3 aromatic rings. The molecule has 1 aliphatic heterocycles. The average Bonchev–Trinajstić information content (AvgIpc) is 3.20. The first-order valence-corrected chi connectivity index (χ1v) is 11.4. The van der Waals surface area contributed by atoms with Gasteiger partial charge in [0.25, 0.3) is 5.56 Å². The molecule has 1 fully saturated rings. The van der Waals surface area contributed by atoms with Crippen molar-refractivity contribution in [2.45, 2.75) is 17.2 Å². The molecule has 14 heteroatoms. The highest BCUT2D eigenvalue weighted by molar-refractivity contribution is 6.53. The molecule has 0 saturated carbocycles. The Kier molecular flexibility index (Phi) is 6.42. The van der Waals surface area contributed by atoms with Crippen molar-refractivity contribution in [3.05, 3.63) is 50.5 Å². The number of nitrogens with zero attached hydrogens (tertiary/aromatic N) is 4. The van der Waals surface area contributed by atoms with Crippen LogP contribution in [0.1, 0.15) is 5.56 Å². The number of imidazole rings is 1. The summed E-state index contributed by atoms with van der Waals surface area (Å²) in [5.41, 5.74) is 1.53. The highest BCUT2D eigenvalue weighted by Gasteiger charge is 2.43. The zero-order valence-corrected chi connectivity index (χ0v) is 20.2. The molecule has 0 spiro atoms. The van der Waals surface area contributed by atoms with Crippen molar-refractivity contribution < 1.29 is 4.74 Å². The number of morpholine rings is 1. The van der Waals surface area contributed by atoms with Crippen LogP contribution < -0.4 is 10.9 Å². The van der Waals surface area contributed by atoms with Gasteiger partial charge >= 0.3 is 0 Å². The van der Waals surface area contributed by atoms with Crippen LogP contribution in [0, 0.1) is 0 Å². The summed E-state index contributed by atoms with van der Waals surface area (Å²) in [6.45, 7) is 3.54. The van der Waals surface area contributed by atoms with E-state index in [9.17, 15) is 4.79 Å². The van der Waals surface area contributed by atoms with Gasteiger partial charge in [-0.25, -0.2) is 4.98 Å². The minimum Gasteiger partial charge on any atom is -0.379 e. The second-order valence-corrected chi connectivity index (χ2v) is 9.84. The summed E-state index contributed by atoms with van der Waals surface area (Å²) in [5.74, 6) is 0.351. The Hall–Kier alpha value is -1.87. The predicted octanol–water partition coefficient (Wildman–Crippen LogP) is -1.83. The average molecular weight is 471 g/mol. The highest BCUT2D eigenvalue weighted by atomic mass is 35.5. The fourth-order valence-electron chi connectivity index (χ4n) is 4.08. The monoisotopic (exact) mass is 470 g/mol. The van der Waals surface area contributed by atoms with Crippen LogP contribution in [0.15, 0.2) is 29.3 Å². The third-order valence-electron chi connectivity index (χ3n) is 6.76. The van der Waals surface area contributed by atoms with E-state index in [1.807, 2.05) is 10.6 Å². The summed E-state index contributed by atoms with van der Waals surface area (Å²) in [5, 5.41) is 3.43. The van der Waals surface area contributed by atoms with Crippen LogP contribution in [-0.4, -0.2) is 87.4 Å². The molecule has 0 bridgehead atoms. The Morgan fingerprint density at radius 1 is 1.12 bits per heavy atom. The van der Waals surface area contributed by atoms with Gasteiger partial charge in [-0.05, 0) is 28.4 Å². The molecule has 0 unspecified atom stereocenters. The molecular formula is C18H24B4Cl2N6O2. The minimum atomic E-state index is -0.428. The molecule has 164 valence electrons. The van der Waals surface area contributed by atoms with E-state index in [-0.39, 0.29) is 10.9 Å². The first-order chi connectivity index (χ1) is 15.1. The lowest BCUT2D eigenvalue weighted by atomic mass is 9.37. The van der Waals surface area contributed by atoms with Gasteiger partial charge in [-0.15, -0.1) is 0 Å². The maximum absolute atomic E-state index is 13.1. The van der Waals surface area contributed by atoms with Gasteiger partial charge < -0.3 is 19.5 Å². The lowest BCUT2D eigenvalue weighted by Gasteiger charge is -2.52. The number of halogens is 2. The molecule has 1 saturated heterocycles. The Balaban J connectivity index is 1.62. The number of hydrogen-bond donors (Lipinski definition) is 2. The van der Waals surface area contributed by atoms with Crippen molar-refractivity contribution in [1.82, 2.24) is 24.4 Å². The van der Waals surface area contributed by atoms with Gasteiger partial charge in [-0.1, -0.05) is 29.3 Å². The molecule has 3 heterocycles. The number of hydrogen-bond acceptors (Lipinski definition) is 6. The Labute approximate surface area is 200 Å². The lowest BCUT2D eigenvalue weighted by Crippen LogP contribution is -2.68. The number of H-pyrrole nitrogens is 1. The standard InChI is InChI=1S/C18H24B4Cl2N6O2/c19-17(20,29-3-5-32-6-4-29)18(21,22)30-9-26-14-13(30)15(31)28-16(27-14)25-8-10-1-2-11(23)12(24)7-10/h1-2,7,9H,3-6,8,19-22H2,(H2,25,27,28,31). The quantitative estimate of drug-likeness (QED) is 0.412. The largest absolute Gasteiger partial charge is 0.379 e. The van der Waals surface area contributed by atoms with Crippen LogP contribution in [0.2, 0.25) is 10.0 Å². The molecular weight excluding hydrogens is 446 g/mol. The molecule has 0 atom stereocenters. The number of ether oxygens (including phenoxy) is 1. The zero-order chi connectivity index (χ0) is 23.1. The maximum atomic E-state index is 13.1. The number of aromatic nitrogens is 4. The molecule has 0 radical (unpaired) electrons. The SMILES string of the molecule is BC(B)(N1CCOCC1)C(B)(B)n1cnc2nc(NCc3ccc(Cl)c(Cl)c3)[nH]c(=O)c21. The Morgan fingerprint density at radius 3 is 2.53 bits per heavy atom. The van der Waals surface area contributed by atoms with Crippen LogP contribution >= 0.6 is 23.2 Å². The molecule has 0 aliphatic carbocycles. The fourth-order valence-corrected chi connectivity index (χ4v) is 4.40. The molecule has 2 N–H and O–H groups in total. The zero-order valence-electron chi connectivity index (χ0n) is 18.7. The third-order valence-corrected chi connectivity index (χ3v) is 7.50. The van der Waals surface area contributed by atoms with Crippen molar-refractivity contribution in [2.24, 2.45) is 0 Å². The van der Waals surface area contributed by atoms with Gasteiger partial charge in [0.15, 0.2) is 11.2 Å².